The van der Waals surface area contributed by atoms with Crippen molar-refractivity contribution in [2.24, 2.45) is 0 Å². The lowest BCUT2D eigenvalue weighted by Crippen LogP contribution is -2.15. The van der Waals surface area contributed by atoms with Gasteiger partial charge in [-0.2, -0.15) is 0 Å². The molecule has 11 aromatic carbocycles. The summed E-state index contributed by atoms with van der Waals surface area (Å²) in [6.07, 6.45) is 0. The Kier molecular flexibility index (Phi) is 7.49. The van der Waals surface area contributed by atoms with Crippen LogP contribution in [0.15, 0.2) is 194 Å². The quantitative estimate of drug-likeness (QED) is 0.155. The van der Waals surface area contributed by atoms with E-state index in [1.54, 1.807) is 0 Å². The van der Waals surface area contributed by atoms with Crippen molar-refractivity contribution in [3.05, 3.63) is 216 Å². The van der Waals surface area contributed by atoms with E-state index in [1.807, 2.05) is 11.3 Å². The van der Waals surface area contributed by atoms with Crippen molar-refractivity contribution < 1.29 is 0 Å². The summed E-state index contributed by atoms with van der Waals surface area (Å²) in [6, 6.07) is 73.8. The Morgan fingerprint density at radius 1 is 0.292 bits per heavy atom. The van der Waals surface area contributed by atoms with E-state index in [9.17, 15) is 0 Å². The first-order chi connectivity index (χ1) is 31.7. The molecule has 0 aliphatic heterocycles. The molecule has 306 valence electrons. The zero-order valence-electron chi connectivity index (χ0n) is 36.9. The van der Waals surface area contributed by atoms with Crippen LogP contribution >= 0.6 is 11.3 Å². The molecule has 2 aliphatic carbocycles. The molecule has 0 nitrogen and oxygen atoms in total. The van der Waals surface area contributed by atoms with Crippen molar-refractivity contribution in [3.63, 3.8) is 0 Å². The monoisotopic (exact) mass is 844 g/mol. The third kappa shape index (κ3) is 5.08. The maximum absolute atomic E-state index is 2.51. The Labute approximate surface area is 383 Å². The molecule has 0 radical (unpaired) electrons. The Morgan fingerprint density at radius 2 is 0.862 bits per heavy atom. The largest absolute Gasteiger partial charge is 0.135 e. The average molecular weight is 845 g/mol. The Bertz CT molecular complexity index is 4000. The van der Waals surface area contributed by atoms with Gasteiger partial charge < -0.3 is 0 Å². The molecule has 12 aromatic rings. The summed E-state index contributed by atoms with van der Waals surface area (Å²) in [5, 5.41) is 13.1. The second kappa shape index (κ2) is 13.1. The summed E-state index contributed by atoms with van der Waals surface area (Å²) in [4.78, 5) is 0. The lowest BCUT2D eigenvalue weighted by atomic mass is 9.79. The van der Waals surface area contributed by atoms with Crippen LogP contribution < -0.4 is 0 Å². The fourth-order valence-corrected chi connectivity index (χ4v) is 13.4. The molecule has 0 bridgehead atoms. The lowest BCUT2D eigenvalue weighted by Gasteiger charge is -2.24. The van der Waals surface area contributed by atoms with Crippen molar-refractivity contribution in [2.45, 2.75) is 38.5 Å². The molecular formula is C64H44S. The number of fused-ring (bicyclic) bond motifs is 14. The predicted molar refractivity (Wildman–Crippen MR) is 281 cm³/mol. The Hall–Kier alpha value is -7.32. The Balaban J connectivity index is 0.882. The number of thiophene rings is 1. The van der Waals surface area contributed by atoms with Crippen LogP contribution in [-0.2, 0) is 10.8 Å². The zero-order chi connectivity index (χ0) is 43.3. The van der Waals surface area contributed by atoms with Gasteiger partial charge in [0, 0.05) is 31.0 Å². The molecule has 0 saturated carbocycles. The minimum atomic E-state index is -0.188. The highest BCUT2D eigenvalue weighted by molar-refractivity contribution is 7.25. The first-order valence-electron chi connectivity index (χ1n) is 23.0. The van der Waals surface area contributed by atoms with Crippen molar-refractivity contribution >= 4 is 74.6 Å². The smallest absolute Gasteiger partial charge is 0.0361 e. The van der Waals surface area contributed by atoms with Gasteiger partial charge in [-0.05, 0) is 157 Å². The van der Waals surface area contributed by atoms with Crippen LogP contribution in [0.2, 0.25) is 0 Å². The molecule has 14 rings (SSSR count). The zero-order valence-corrected chi connectivity index (χ0v) is 37.7. The first kappa shape index (κ1) is 37.1. The summed E-state index contributed by atoms with van der Waals surface area (Å²) in [6.45, 7) is 9.68. The first-order valence-corrected chi connectivity index (χ1v) is 23.8. The van der Waals surface area contributed by atoms with Crippen LogP contribution in [0.5, 0.6) is 0 Å². The summed E-state index contributed by atoms with van der Waals surface area (Å²) < 4.78 is 2.72. The molecule has 65 heavy (non-hydrogen) atoms. The van der Waals surface area contributed by atoms with Crippen LogP contribution in [0, 0.1) is 0 Å². The van der Waals surface area contributed by atoms with E-state index in [-0.39, 0.29) is 10.8 Å². The van der Waals surface area contributed by atoms with Gasteiger partial charge in [0.1, 0.15) is 0 Å². The molecule has 1 heterocycles. The third-order valence-electron chi connectivity index (χ3n) is 15.4. The molecule has 0 unspecified atom stereocenters. The van der Waals surface area contributed by atoms with Crippen LogP contribution in [0.25, 0.3) is 119 Å². The molecule has 0 fully saturated rings. The van der Waals surface area contributed by atoms with E-state index < -0.39 is 0 Å². The summed E-state index contributed by atoms with van der Waals surface area (Å²) in [5.74, 6) is 0. The molecule has 0 saturated heterocycles. The van der Waals surface area contributed by atoms with E-state index in [0.29, 0.717) is 0 Å². The van der Waals surface area contributed by atoms with Gasteiger partial charge in [-0.25, -0.2) is 0 Å². The third-order valence-corrected chi connectivity index (χ3v) is 16.5. The summed E-state index contributed by atoms with van der Waals surface area (Å²) in [7, 11) is 0. The van der Waals surface area contributed by atoms with E-state index in [4.69, 9.17) is 0 Å². The van der Waals surface area contributed by atoms with Gasteiger partial charge in [0.2, 0.25) is 0 Å². The van der Waals surface area contributed by atoms with E-state index in [0.717, 1.165) is 0 Å². The molecule has 1 aromatic heterocycles. The van der Waals surface area contributed by atoms with E-state index in [1.165, 1.54) is 141 Å². The number of hydrogen-bond acceptors (Lipinski definition) is 1. The highest BCUT2D eigenvalue weighted by atomic mass is 32.1. The van der Waals surface area contributed by atoms with Gasteiger partial charge in [0.15, 0.2) is 0 Å². The summed E-state index contributed by atoms with van der Waals surface area (Å²) in [5.41, 5.74) is 18.4. The number of benzene rings is 11. The second-order valence-electron chi connectivity index (χ2n) is 19.6. The number of hydrogen-bond donors (Lipinski definition) is 0. The molecular weight excluding hydrogens is 801 g/mol. The van der Waals surface area contributed by atoms with Crippen molar-refractivity contribution in [1.82, 2.24) is 0 Å². The van der Waals surface area contributed by atoms with Gasteiger partial charge >= 0.3 is 0 Å². The van der Waals surface area contributed by atoms with Crippen LogP contribution in [0.4, 0.5) is 0 Å². The SMILES string of the molecule is CC1(C)c2cc(-c3ccc4c(c3)-c3ccc5cc6sc7ccccc7c6cc5c3C4(C)C)ccc2-c2ccc(-c3c4ccccc4c(-c4cccc5ccccc45)c4ccccc34)cc21. The van der Waals surface area contributed by atoms with Crippen LogP contribution in [-0.4, -0.2) is 0 Å². The lowest BCUT2D eigenvalue weighted by molar-refractivity contribution is 0.661. The normalized spacial score (nSPS) is 14.4. The standard InChI is InChI=1S/C64H44S/c1-63(2)56-33-39(38-27-31-55-53(32-38)51-30-25-40-35-59-54(36-52(40)62(51)64(55,3)4)45-17-11-12-23-58(45)65-59)24-28-43(56)44-29-26-41(34-57(44)63)60-47-18-7-9-20-49(47)61(50-21-10-8-19-48(50)60)46-22-13-15-37-14-5-6-16-42(37)46/h5-36H,1-4H3. The average Bonchev–Trinajstić information content (AvgIpc) is 3.90. The van der Waals surface area contributed by atoms with Crippen LogP contribution in [0.3, 0.4) is 0 Å². The van der Waals surface area contributed by atoms with Gasteiger partial charge in [-0.15, -0.1) is 11.3 Å². The van der Waals surface area contributed by atoms with Crippen molar-refractivity contribution in [1.29, 1.82) is 0 Å². The fourth-order valence-electron chi connectivity index (χ4n) is 12.3. The highest BCUT2D eigenvalue weighted by Gasteiger charge is 2.39. The number of rotatable bonds is 3. The minimum absolute atomic E-state index is 0.117. The van der Waals surface area contributed by atoms with Gasteiger partial charge in [0.05, 0.1) is 0 Å². The topological polar surface area (TPSA) is 0 Å². The minimum Gasteiger partial charge on any atom is -0.135 e. The summed E-state index contributed by atoms with van der Waals surface area (Å²) >= 11 is 1.90. The van der Waals surface area contributed by atoms with Crippen molar-refractivity contribution in [3.8, 4) is 55.6 Å². The molecule has 0 spiro atoms. The van der Waals surface area contributed by atoms with E-state index >= 15 is 0 Å². The fraction of sp³-hybridized carbons (Fsp3) is 0.0938. The maximum atomic E-state index is 2.51. The Morgan fingerprint density at radius 3 is 1.60 bits per heavy atom. The molecule has 2 aliphatic rings. The van der Waals surface area contributed by atoms with Gasteiger partial charge in [-0.3, -0.25) is 0 Å². The molecule has 1 heteroatoms. The van der Waals surface area contributed by atoms with Gasteiger partial charge in [0.25, 0.3) is 0 Å². The molecule has 0 N–H and O–H groups in total. The highest BCUT2D eigenvalue weighted by Crippen LogP contribution is 2.55. The van der Waals surface area contributed by atoms with Crippen molar-refractivity contribution in [2.75, 3.05) is 0 Å². The second-order valence-corrected chi connectivity index (χ2v) is 20.6. The molecule has 0 amide bonds. The molecule has 0 atom stereocenters. The van der Waals surface area contributed by atoms with Gasteiger partial charge in [-0.1, -0.05) is 185 Å². The maximum Gasteiger partial charge on any atom is 0.0361 e. The van der Waals surface area contributed by atoms with Crippen LogP contribution in [0.1, 0.15) is 49.9 Å². The van der Waals surface area contributed by atoms with E-state index in [2.05, 4.69) is 222 Å². The predicted octanol–water partition coefficient (Wildman–Crippen LogP) is 18.3.